The molecule has 0 saturated heterocycles. The van der Waals surface area contributed by atoms with Crippen LogP contribution in [0.15, 0.2) is 18.5 Å². The molecular weight excluding hydrogens is 114 g/mol. The first-order valence-corrected chi connectivity index (χ1v) is 2.91. The first kappa shape index (κ1) is 6.29. The normalized spacial score (nSPS) is 9.89. The summed E-state index contributed by atoms with van der Waals surface area (Å²) >= 11 is 0. The molecule has 1 rings (SSSR count). The molecule has 0 amide bonds. The van der Waals surface area contributed by atoms with E-state index < -0.39 is 0 Å². The summed E-state index contributed by atoms with van der Waals surface area (Å²) in [4.78, 5) is 0. The van der Waals surface area contributed by atoms with Crippen molar-refractivity contribution in [1.29, 1.82) is 0 Å². The van der Waals surface area contributed by atoms with Crippen LogP contribution in [0.4, 0.5) is 0 Å². The lowest BCUT2D eigenvalue weighted by atomic mass is 10.6. The molecule has 3 heteroatoms. The van der Waals surface area contributed by atoms with Gasteiger partial charge in [-0.25, -0.2) is 0 Å². The molecule has 0 aliphatic carbocycles. The van der Waals surface area contributed by atoms with E-state index in [1.165, 1.54) is 0 Å². The second-order valence-electron chi connectivity index (χ2n) is 1.77. The molecule has 1 heterocycles. The number of aromatic nitrogens is 2. The van der Waals surface area contributed by atoms with E-state index in [-0.39, 0.29) is 0 Å². The molecule has 0 aliphatic heterocycles. The average Bonchev–Trinajstić information content (AvgIpc) is 2.34. The lowest BCUT2D eigenvalue weighted by Gasteiger charge is -1.95. The van der Waals surface area contributed by atoms with E-state index in [4.69, 9.17) is 0 Å². The first-order valence-electron chi connectivity index (χ1n) is 2.91. The summed E-state index contributed by atoms with van der Waals surface area (Å²) in [7, 11) is 3.49. The number of nitrogens with zero attached hydrogens (tertiary/aromatic N) is 2. The Morgan fingerprint density at radius 3 is 3.11 bits per heavy atom. The van der Waals surface area contributed by atoms with Crippen molar-refractivity contribution in [3.05, 3.63) is 25.5 Å². The fraction of sp³-hybridized carbons (Fsp3) is 0.333. The summed E-state index contributed by atoms with van der Waals surface area (Å²) in [6.45, 7) is 1.75. The Labute approximate surface area is 54.7 Å². The van der Waals surface area contributed by atoms with Gasteiger partial charge < -0.3 is 5.32 Å². The van der Waals surface area contributed by atoms with Gasteiger partial charge in [-0.1, -0.05) is 0 Å². The van der Waals surface area contributed by atoms with Crippen LogP contribution in [-0.2, 0) is 6.54 Å². The summed E-state index contributed by atoms with van der Waals surface area (Å²) in [6.07, 6.45) is 3.69. The molecule has 0 fully saturated rings. The minimum absolute atomic E-state index is 0.863. The molecule has 9 heavy (non-hydrogen) atoms. The highest BCUT2D eigenvalue weighted by Crippen LogP contribution is 1.79. The Morgan fingerprint density at radius 1 is 1.67 bits per heavy atom. The molecule has 1 aromatic heterocycles. The van der Waals surface area contributed by atoms with Crippen LogP contribution in [0.25, 0.3) is 0 Å². The fourth-order valence-electron chi connectivity index (χ4n) is 0.626. The van der Waals surface area contributed by atoms with E-state index in [0.29, 0.717) is 0 Å². The van der Waals surface area contributed by atoms with E-state index in [9.17, 15) is 0 Å². The summed E-state index contributed by atoms with van der Waals surface area (Å²) in [5, 5.41) is 6.80. The monoisotopic (exact) mass is 124 g/mol. The average molecular weight is 124 g/mol. The quantitative estimate of drug-likeness (QED) is 0.516. The third-order valence-electron chi connectivity index (χ3n) is 1.08. The zero-order chi connectivity index (χ0) is 6.53. The zero-order valence-electron chi connectivity index (χ0n) is 5.25. The lowest BCUT2D eigenvalue weighted by molar-refractivity contribution is -0.596. The molecule has 0 atom stereocenters. The van der Waals surface area contributed by atoms with Crippen LogP contribution in [-0.4, -0.2) is 16.3 Å². The van der Waals surface area contributed by atoms with Gasteiger partial charge in [-0.2, -0.15) is 5.10 Å². The fourth-order valence-corrected chi connectivity index (χ4v) is 0.626. The van der Waals surface area contributed by atoms with E-state index in [0.717, 1.165) is 13.1 Å². The first-order chi connectivity index (χ1) is 4.43. The van der Waals surface area contributed by atoms with Crippen LogP contribution in [0.3, 0.4) is 0 Å². The van der Waals surface area contributed by atoms with Gasteiger partial charge >= 0.3 is 0 Å². The molecule has 0 spiro atoms. The third-order valence-corrected chi connectivity index (χ3v) is 1.08. The van der Waals surface area contributed by atoms with E-state index in [1.54, 1.807) is 6.20 Å². The maximum Gasteiger partial charge on any atom is 0.112 e. The Bertz CT molecular complexity index is 145. The van der Waals surface area contributed by atoms with E-state index in [2.05, 4.69) is 17.5 Å². The molecule has 0 saturated carbocycles. The van der Waals surface area contributed by atoms with Crippen LogP contribution >= 0.6 is 0 Å². The Balaban J connectivity index is 2.30. The van der Waals surface area contributed by atoms with Crippen molar-refractivity contribution in [2.75, 3.05) is 6.54 Å². The summed E-state index contributed by atoms with van der Waals surface area (Å²) in [5.41, 5.74) is 0. The molecule has 1 aromatic rings. The molecule has 0 aromatic carbocycles. The zero-order valence-corrected chi connectivity index (χ0v) is 5.25. The van der Waals surface area contributed by atoms with Gasteiger partial charge in [0.1, 0.15) is 6.54 Å². The Hall–Kier alpha value is -0.830. The molecule has 0 bridgehead atoms. The van der Waals surface area contributed by atoms with Gasteiger partial charge in [-0.15, -0.1) is 7.05 Å². The van der Waals surface area contributed by atoms with Crippen molar-refractivity contribution in [2.45, 2.75) is 6.54 Å². The van der Waals surface area contributed by atoms with Crippen molar-refractivity contribution in [1.82, 2.24) is 9.78 Å². The SMILES string of the molecule is [CH2-][NH+]CCn1cccn1. The van der Waals surface area contributed by atoms with Gasteiger partial charge in [0.25, 0.3) is 0 Å². The second kappa shape index (κ2) is 3.25. The Kier molecular flexibility index (Phi) is 2.27. The number of rotatable bonds is 3. The second-order valence-corrected chi connectivity index (χ2v) is 1.77. The minimum atomic E-state index is 0.863. The van der Waals surface area contributed by atoms with E-state index in [1.807, 2.05) is 16.9 Å². The standard InChI is InChI=1S/C6H10N3/c1-7-4-6-9-5-2-3-8-9/h2-3,5,7H,1,4,6H2. The lowest BCUT2D eigenvalue weighted by Crippen LogP contribution is -2.77. The van der Waals surface area contributed by atoms with Crippen LogP contribution in [0.2, 0.25) is 0 Å². The van der Waals surface area contributed by atoms with Gasteiger partial charge in [-0.3, -0.25) is 4.68 Å². The highest BCUT2D eigenvalue weighted by atomic mass is 15.3. The van der Waals surface area contributed by atoms with Gasteiger partial charge in [0.05, 0.1) is 6.54 Å². The maximum absolute atomic E-state index is 4.00. The van der Waals surface area contributed by atoms with E-state index >= 15 is 0 Å². The molecule has 0 aliphatic rings. The van der Waals surface area contributed by atoms with Gasteiger partial charge in [0, 0.05) is 12.4 Å². The van der Waals surface area contributed by atoms with Crippen molar-refractivity contribution < 1.29 is 5.32 Å². The Morgan fingerprint density at radius 2 is 2.56 bits per heavy atom. The molecule has 1 N–H and O–H groups in total. The van der Waals surface area contributed by atoms with Crippen molar-refractivity contribution in [3.63, 3.8) is 0 Å². The molecular formula is C6H10N3. The van der Waals surface area contributed by atoms with Crippen molar-refractivity contribution in [3.8, 4) is 0 Å². The summed E-state index contributed by atoms with van der Waals surface area (Å²) in [6, 6.07) is 1.91. The third kappa shape index (κ3) is 1.85. The topological polar surface area (TPSA) is 33.4 Å². The van der Waals surface area contributed by atoms with Crippen LogP contribution in [0.1, 0.15) is 0 Å². The highest BCUT2D eigenvalue weighted by Gasteiger charge is 1.87. The predicted octanol–water partition coefficient (Wildman–Crippen LogP) is -0.976. The summed E-state index contributed by atoms with van der Waals surface area (Å²) < 4.78 is 1.86. The van der Waals surface area contributed by atoms with Crippen LogP contribution in [0, 0.1) is 7.05 Å². The minimum Gasteiger partial charge on any atom is -0.333 e. The van der Waals surface area contributed by atoms with Gasteiger partial charge in [0.15, 0.2) is 0 Å². The maximum atomic E-state index is 4.00. The molecule has 1 radical (unpaired) electrons. The van der Waals surface area contributed by atoms with Crippen molar-refractivity contribution in [2.24, 2.45) is 0 Å². The number of hydrogen-bond acceptors (Lipinski definition) is 2. The summed E-state index contributed by atoms with van der Waals surface area (Å²) in [5.74, 6) is 0. The largest absolute Gasteiger partial charge is 0.333 e. The highest BCUT2D eigenvalue weighted by molar-refractivity contribution is 4.77. The number of nitrogens with one attached hydrogen (secondary N) is 1. The van der Waals surface area contributed by atoms with Gasteiger partial charge in [0.2, 0.25) is 0 Å². The predicted molar refractivity (Wildman–Crippen MR) is 33.4 cm³/mol. The molecule has 3 nitrogen and oxygen atoms in total. The van der Waals surface area contributed by atoms with Crippen LogP contribution in [0.5, 0.6) is 0 Å². The van der Waals surface area contributed by atoms with Crippen LogP contribution < -0.4 is 5.32 Å². The molecule has 0 unspecified atom stereocenters. The number of hydrogen-bond donors (Lipinski definition) is 1. The smallest absolute Gasteiger partial charge is 0.112 e. The molecule has 49 valence electrons. The van der Waals surface area contributed by atoms with Crippen molar-refractivity contribution >= 4 is 0 Å². The van der Waals surface area contributed by atoms with Gasteiger partial charge in [-0.05, 0) is 6.07 Å².